The Labute approximate surface area is 199 Å². The SMILES string of the molecule is Cc1cccc2sc(NC(=O)Cn3cc(S(=O)(=O)Cc4ccccc4F)c4ccccc43)nc12. The first-order valence-electron chi connectivity index (χ1n) is 10.5. The quantitative estimate of drug-likeness (QED) is 0.348. The first-order valence-corrected chi connectivity index (χ1v) is 13.0. The van der Waals surface area contributed by atoms with E-state index in [2.05, 4.69) is 10.3 Å². The summed E-state index contributed by atoms with van der Waals surface area (Å²) in [7, 11) is -3.86. The van der Waals surface area contributed by atoms with Gasteiger partial charge in [-0.1, -0.05) is 59.9 Å². The van der Waals surface area contributed by atoms with Gasteiger partial charge in [0.1, 0.15) is 12.4 Å². The average Bonchev–Trinajstić information content (AvgIpc) is 3.38. The fourth-order valence-corrected chi connectivity index (χ4v) is 6.50. The number of thiazole rings is 1. The van der Waals surface area contributed by atoms with Crippen LogP contribution in [0, 0.1) is 12.7 Å². The van der Waals surface area contributed by atoms with Gasteiger partial charge in [-0.2, -0.15) is 0 Å². The predicted octanol–water partition coefficient (Wildman–Crippen LogP) is 5.31. The summed E-state index contributed by atoms with van der Waals surface area (Å²) in [6, 6.07) is 18.6. The molecule has 0 aliphatic carbocycles. The first kappa shape index (κ1) is 22.2. The van der Waals surface area contributed by atoms with Crippen LogP contribution in [0.5, 0.6) is 0 Å². The van der Waals surface area contributed by atoms with E-state index in [1.165, 1.54) is 35.7 Å². The van der Waals surface area contributed by atoms with Crippen molar-refractivity contribution >= 4 is 53.3 Å². The van der Waals surface area contributed by atoms with Crippen LogP contribution in [-0.2, 0) is 26.9 Å². The Kier molecular flexibility index (Phi) is 5.66. The van der Waals surface area contributed by atoms with Crippen LogP contribution >= 0.6 is 11.3 Å². The van der Waals surface area contributed by atoms with Gasteiger partial charge in [0.25, 0.3) is 0 Å². The van der Waals surface area contributed by atoms with Gasteiger partial charge in [0.15, 0.2) is 15.0 Å². The van der Waals surface area contributed by atoms with E-state index in [4.69, 9.17) is 0 Å². The van der Waals surface area contributed by atoms with E-state index >= 15 is 0 Å². The van der Waals surface area contributed by atoms with Gasteiger partial charge in [-0.25, -0.2) is 17.8 Å². The number of benzene rings is 3. The molecule has 3 aromatic carbocycles. The summed E-state index contributed by atoms with van der Waals surface area (Å²) in [6.07, 6.45) is 1.45. The Morgan fingerprint density at radius 2 is 1.82 bits per heavy atom. The van der Waals surface area contributed by atoms with E-state index in [-0.39, 0.29) is 22.9 Å². The number of aryl methyl sites for hydroxylation is 1. The lowest BCUT2D eigenvalue weighted by atomic mass is 10.2. The maximum atomic E-state index is 14.1. The third-order valence-electron chi connectivity index (χ3n) is 5.57. The van der Waals surface area contributed by atoms with Crippen LogP contribution in [0.4, 0.5) is 9.52 Å². The highest BCUT2D eigenvalue weighted by atomic mass is 32.2. The van der Waals surface area contributed by atoms with E-state index in [1.807, 2.05) is 25.1 Å². The highest BCUT2D eigenvalue weighted by Gasteiger charge is 2.23. The molecule has 6 nitrogen and oxygen atoms in total. The molecule has 0 fully saturated rings. The number of halogens is 1. The molecule has 0 spiro atoms. The number of nitrogens with one attached hydrogen (secondary N) is 1. The molecule has 1 N–H and O–H groups in total. The number of hydrogen-bond donors (Lipinski definition) is 1. The Morgan fingerprint density at radius 3 is 2.62 bits per heavy atom. The molecule has 0 aliphatic heterocycles. The lowest BCUT2D eigenvalue weighted by Gasteiger charge is -2.05. The molecule has 0 unspecified atom stereocenters. The van der Waals surface area contributed by atoms with Crippen LogP contribution in [0.2, 0.25) is 0 Å². The summed E-state index contributed by atoms with van der Waals surface area (Å²) >= 11 is 1.38. The number of para-hydroxylation sites is 2. The van der Waals surface area contributed by atoms with Gasteiger partial charge in [-0.3, -0.25) is 4.79 Å². The molecule has 0 bridgehead atoms. The molecule has 0 atom stereocenters. The van der Waals surface area contributed by atoms with Gasteiger partial charge >= 0.3 is 0 Å². The van der Waals surface area contributed by atoms with Crippen LogP contribution < -0.4 is 5.32 Å². The van der Waals surface area contributed by atoms with Gasteiger partial charge in [-0.15, -0.1) is 0 Å². The maximum absolute atomic E-state index is 14.1. The standard InChI is InChI=1S/C25H20FN3O3S2/c1-16-7-6-12-21-24(16)28-25(33-21)27-23(30)14-29-13-22(18-9-3-5-11-20(18)29)34(31,32)15-17-8-2-4-10-19(17)26/h2-13H,14-15H2,1H3,(H,27,28,30). The van der Waals surface area contributed by atoms with Gasteiger partial charge in [-0.05, 0) is 30.7 Å². The van der Waals surface area contributed by atoms with E-state index in [1.54, 1.807) is 34.9 Å². The summed E-state index contributed by atoms with van der Waals surface area (Å²) in [5, 5.41) is 3.79. The number of hydrogen-bond acceptors (Lipinski definition) is 5. The van der Waals surface area contributed by atoms with E-state index < -0.39 is 21.4 Å². The molecular formula is C25H20FN3O3S2. The van der Waals surface area contributed by atoms with Crippen molar-refractivity contribution in [2.45, 2.75) is 24.1 Å². The minimum atomic E-state index is -3.86. The summed E-state index contributed by atoms with van der Waals surface area (Å²) in [5.74, 6) is -1.36. The summed E-state index contributed by atoms with van der Waals surface area (Å²) in [4.78, 5) is 17.4. The number of sulfone groups is 1. The normalized spacial score (nSPS) is 11.8. The van der Waals surface area contributed by atoms with E-state index in [0.29, 0.717) is 16.0 Å². The molecule has 2 heterocycles. The number of fused-ring (bicyclic) bond motifs is 2. The van der Waals surface area contributed by atoms with Gasteiger partial charge < -0.3 is 9.88 Å². The van der Waals surface area contributed by atoms with Crippen molar-refractivity contribution in [1.82, 2.24) is 9.55 Å². The zero-order valence-corrected chi connectivity index (χ0v) is 19.8. The summed E-state index contributed by atoms with van der Waals surface area (Å²) < 4.78 is 43.1. The Morgan fingerprint density at radius 1 is 1.06 bits per heavy atom. The predicted molar refractivity (Wildman–Crippen MR) is 132 cm³/mol. The van der Waals surface area contributed by atoms with Crippen molar-refractivity contribution in [2.75, 3.05) is 5.32 Å². The van der Waals surface area contributed by atoms with Gasteiger partial charge in [0.05, 0.1) is 20.9 Å². The summed E-state index contributed by atoms with van der Waals surface area (Å²) in [5.41, 5.74) is 2.57. The van der Waals surface area contributed by atoms with Crippen LogP contribution in [-0.4, -0.2) is 23.9 Å². The fourth-order valence-electron chi connectivity index (χ4n) is 3.94. The largest absolute Gasteiger partial charge is 0.337 e. The topological polar surface area (TPSA) is 81.1 Å². The Bertz CT molecular complexity index is 1650. The highest BCUT2D eigenvalue weighted by molar-refractivity contribution is 7.90. The number of aromatic nitrogens is 2. The second-order valence-corrected chi connectivity index (χ2v) is 11.0. The number of carbonyl (C=O) groups is 1. The minimum absolute atomic E-state index is 0.0646. The van der Waals surface area contributed by atoms with Crippen LogP contribution in [0.1, 0.15) is 11.1 Å². The van der Waals surface area contributed by atoms with Crippen molar-refractivity contribution in [3.8, 4) is 0 Å². The Hall–Kier alpha value is -3.56. The molecular weight excluding hydrogens is 473 g/mol. The molecule has 1 amide bonds. The van der Waals surface area contributed by atoms with Crippen LogP contribution in [0.15, 0.2) is 77.8 Å². The molecule has 5 aromatic rings. The van der Waals surface area contributed by atoms with Crippen LogP contribution in [0.3, 0.4) is 0 Å². The second-order valence-electron chi connectivity index (χ2n) is 7.98. The lowest BCUT2D eigenvalue weighted by molar-refractivity contribution is -0.116. The van der Waals surface area contributed by atoms with Gasteiger partial charge in [0, 0.05) is 22.7 Å². The first-order chi connectivity index (χ1) is 16.3. The zero-order chi connectivity index (χ0) is 23.9. The third-order valence-corrected chi connectivity index (χ3v) is 8.19. The lowest BCUT2D eigenvalue weighted by Crippen LogP contribution is -2.18. The van der Waals surface area contributed by atoms with Crippen molar-refractivity contribution in [1.29, 1.82) is 0 Å². The molecule has 0 radical (unpaired) electrons. The smallest absolute Gasteiger partial charge is 0.246 e. The third kappa shape index (κ3) is 4.20. The second kappa shape index (κ2) is 8.66. The van der Waals surface area contributed by atoms with Crippen molar-refractivity contribution < 1.29 is 17.6 Å². The molecule has 172 valence electrons. The fraction of sp³-hybridized carbons (Fsp3) is 0.120. The van der Waals surface area contributed by atoms with Gasteiger partial charge in [0.2, 0.25) is 5.91 Å². The summed E-state index contributed by atoms with van der Waals surface area (Å²) in [6.45, 7) is 1.87. The number of nitrogens with zero attached hydrogens (tertiary/aromatic N) is 2. The van der Waals surface area contributed by atoms with Crippen molar-refractivity contribution in [2.24, 2.45) is 0 Å². The number of rotatable bonds is 6. The molecule has 5 rings (SSSR count). The number of anilines is 1. The molecule has 9 heteroatoms. The van der Waals surface area contributed by atoms with Crippen molar-refractivity contribution in [3.63, 3.8) is 0 Å². The minimum Gasteiger partial charge on any atom is -0.337 e. The molecule has 0 aliphatic rings. The van der Waals surface area contributed by atoms with Crippen molar-refractivity contribution in [3.05, 3.63) is 89.9 Å². The monoisotopic (exact) mass is 493 g/mol. The maximum Gasteiger partial charge on any atom is 0.246 e. The Balaban J connectivity index is 1.44. The molecule has 0 saturated carbocycles. The number of carbonyl (C=O) groups excluding carboxylic acids is 1. The highest BCUT2D eigenvalue weighted by Crippen LogP contribution is 2.30. The van der Waals surface area contributed by atoms with E-state index in [0.717, 1.165) is 15.8 Å². The van der Waals surface area contributed by atoms with E-state index in [9.17, 15) is 17.6 Å². The zero-order valence-electron chi connectivity index (χ0n) is 18.2. The average molecular weight is 494 g/mol. The van der Waals surface area contributed by atoms with Crippen LogP contribution in [0.25, 0.3) is 21.1 Å². The molecule has 34 heavy (non-hydrogen) atoms. The number of amides is 1. The molecule has 0 saturated heterocycles. The molecule has 2 aromatic heterocycles.